The number of aromatic nitrogens is 1. The van der Waals surface area contributed by atoms with Crippen LogP contribution in [-0.4, -0.2) is 45.2 Å². The summed E-state index contributed by atoms with van der Waals surface area (Å²) in [5.41, 5.74) is -0.538. The first-order valence-electron chi connectivity index (χ1n) is 9.75. The maximum atomic E-state index is 13.1. The molecule has 0 radical (unpaired) electrons. The van der Waals surface area contributed by atoms with Gasteiger partial charge in [0, 0.05) is 18.3 Å². The molecule has 10 heteroatoms. The molecule has 2 aromatic rings. The van der Waals surface area contributed by atoms with Crippen LogP contribution in [0.2, 0.25) is 0 Å². The van der Waals surface area contributed by atoms with Crippen molar-refractivity contribution in [1.29, 1.82) is 0 Å². The van der Waals surface area contributed by atoms with Crippen LogP contribution in [0.15, 0.2) is 41.4 Å². The Morgan fingerprint density at radius 1 is 1.23 bits per heavy atom. The average Bonchev–Trinajstić information content (AvgIpc) is 2.71. The Hall–Kier alpha value is -2.62. The van der Waals surface area contributed by atoms with E-state index in [2.05, 4.69) is 4.98 Å². The fourth-order valence-corrected chi connectivity index (χ4v) is 4.50. The molecule has 1 aromatic heterocycles. The van der Waals surface area contributed by atoms with Crippen LogP contribution >= 0.6 is 0 Å². The normalized spacial score (nSPS) is 15.1. The molecule has 0 bridgehead atoms. The van der Waals surface area contributed by atoms with Crippen molar-refractivity contribution in [2.75, 3.05) is 24.0 Å². The Balaban J connectivity index is 1.94. The van der Waals surface area contributed by atoms with Crippen molar-refractivity contribution in [3.63, 3.8) is 0 Å². The lowest BCUT2D eigenvalue weighted by Gasteiger charge is -2.35. The SMILES string of the molecule is CCN(C(=O)c1cnc2c(c1)N(S(=O)c1ccc(C(F)(F)F)cc1)CCO2)C(C)(C)C. The lowest BCUT2D eigenvalue weighted by atomic mass is 10.0. The van der Waals surface area contributed by atoms with Crippen LogP contribution in [-0.2, 0) is 17.2 Å². The lowest BCUT2D eigenvalue weighted by Crippen LogP contribution is -2.45. The minimum atomic E-state index is -4.47. The van der Waals surface area contributed by atoms with Gasteiger partial charge in [-0.2, -0.15) is 13.2 Å². The Labute approximate surface area is 181 Å². The molecule has 2 heterocycles. The van der Waals surface area contributed by atoms with Crippen molar-refractivity contribution in [2.45, 2.75) is 44.3 Å². The van der Waals surface area contributed by atoms with Crippen LogP contribution < -0.4 is 9.04 Å². The summed E-state index contributed by atoms with van der Waals surface area (Å²) in [6, 6.07) is 5.74. The van der Waals surface area contributed by atoms with Gasteiger partial charge in [-0.25, -0.2) is 9.19 Å². The summed E-state index contributed by atoms with van der Waals surface area (Å²) in [4.78, 5) is 19.2. The van der Waals surface area contributed by atoms with E-state index >= 15 is 0 Å². The number of hydrogen-bond acceptors (Lipinski definition) is 4. The van der Waals surface area contributed by atoms with Gasteiger partial charge >= 0.3 is 6.18 Å². The minimum Gasteiger partial charge on any atom is -0.474 e. The maximum Gasteiger partial charge on any atom is 0.416 e. The third-order valence-electron chi connectivity index (χ3n) is 4.84. The van der Waals surface area contributed by atoms with Crippen LogP contribution in [0.25, 0.3) is 0 Å². The van der Waals surface area contributed by atoms with Crippen molar-refractivity contribution in [2.24, 2.45) is 0 Å². The molecular formula is C21H24F3N3O3S. The van der Waals surface area contributed by atoms with E-state index in [4.69, 9.17) is 4.74 Å². The predicted molar refractivity (Wildman–Crippen MR) is 111 cm³/mol. The number of carbonyl (C=O) groups excluding carboxylic acids is 1. The maximum absolute atomic E-state index is 13.1. The highest BCUT2D eigenvalue weighted by atomic mass is 32.2. The van der Waals surface area contributed by atoms with Crippen molar-refractivity contribution < 1.29 is 26.9 Å². The molecule has 0 aliphatic carbocycles. The molecule has 0 saturated heterocycles. The van der Waals surface area contributed by atoms with E-state index in [0.717, 1.165) is 12.1 Å². The molecule has 1 unspecified atom stereocenters. The van der Waals surface area contributed by atoms with Crippen LogP contribution in [0.5, 0.6) is 5.88 Å². The van der Waals surface area contributed by atoms with Gasteiger partial charge in [0.1, 0.15) is 12.3 Å². The average molecular weight is 456 g/mol. The second-order valence-corrected chi connectivity index (χ2v) is 9.40. The van der Waals surface area contributed by atoms with Gasteiger partial charge in [0.25, 0.3) is 5.91 Å². The van der Waals surface area contributed by atoms with Gasteiger partial charge in [-0.3, -0.25) is 9.10 Å². The highest BCUT2D eigenvalue weighted by Gasteiger charge is 2.32. The van der Waals surface area contributed by atoms with Crippen LogP contribution in [0.1, 0.15) is 43.6 Å². The summed E-state index contributed by atoms with van der Waals surface area (Å²) in [7, 11) is -1.80. The van der Waals surface area contributed by atoms with Crippen LogP contribution in [0, 0.1) is 0 Å². The number of alkyl halides is 3. The number of fused-ring (bicyclic) bond motifs is 1. The number of nitrogens with zero attached hydrogens (tertiary/aromatic N) is 3. The molecule has 3 rings (SSSR count). The number of amides is 1. The number of benzene rings is 1. The van der Waals surface area contributed by atoms with E-state index in [1.54, 1.807) is 11.0 Å². The van der Waals surface area contributed by atoms with E-state index in [1.807, 2.05) is 27.7 Å². The predicted octanol–water partition coefficient (Wildman–Crippen LogP) is 4.28. The van der Waals surface area contributed by atoms with Gasteiger partial charge in [0.15, 0.2) is 11.0 Å². The zero-order valence-electron chi connectivity index (χ0n) is 17.7. The van der Waals surface area contributed by atoms with E-state index in [1.165, 1.54) is 22.6 Å². The summed E-state index contributed by atoms with van der Waals surface area (Å²) in [5, 5.41) is 0. The molecule has 1 aliphatic heterocycles. The fraction of sp³-hybridized carbons (Fsp3) is 0.429. The zero-order chi connectivity index (χ0) is 23.0. The van der Waals surface area contributed by atoms with Gasteiger partial charge in [-0.05, 0) is 58.0 Å². The summed E-state index contributed by atoms with van der Waals surface area (Å²) < 4.78 is 58.6. The van der Waals surface area contributed by atoms with Crippen LogP contribution in [0.3, 0.4) is 0 Å². The van der Waals surface area contributed by atoms with Gasteiger partial charge < -0.3 is 9.64 Å². The zero-order valence-corrected chi connectivity index (χ0v) is 18.5. The first-order valence-corrected chi connectivity index (χ1v) is 10.9. The van der Waals surface area contributed by atoms with E-state index in [0.29, 0.717) is 17.8 Å². The summed E-state index contributed by atoms with van der Waals surface area (Å²) in [5.74, 6) is -0.00185. The topological polar surface area (TPSA) is 62.7 Å². The number of anilines is 1. The van der Waals surface area contributed by atoms with Crippen LogP contribution in [0.4, 0.5) is 18.9 Å². The summed E-state index contributed by atoms with van der Waals surface area (Å²) in [6.07, 6.45) is -3.05. The Morgan fingerprint density at radius 2 is 1.87 bits per heavy atom. The highest BCUT2D eigenvalue weighted by Crippen LogP contribution is 2.34. The van der Waals surface area contributed by atoms with Crippen molar-refractivity contribution in [1.82, 2.24) is 9.88 Å². The Morgan fingerprint density at radius 3 is 2.42 bits per heavy atom. The second kappa shape index (κ2) is 8.49. The molecule has 1 atom stereocenters. The smallest absolute Gasteiger partial charge is 0.416 e. The molecule has 1 aromatic carbocycles. The number of ether oxygens (including phenoxy) is 1. The van der Waals surface area contributed by atoms with E-state index in [9.17, 15) is 22.2 Å². The minimum absolute atomic E-state index is 0.211. The molecule has 6 nitrogen and oxygen atoms in total. The van der Waals surface area contributed by atoms with Gasteiger partial charge in [0.2, 0.25) is 5.88 Å². The highest BCUT2D eigenvalue weighted by molar-refractivity contribution is 7.86. The van der Waals surface area contributed by atoms with Gasteiger partial charge in [-0.15, -0.1) is 0 Å². The van der Waals surface area contributed by atoms with Gasteiger partial charge in [-0.1, -0.05) is 0 Å². The molecular weight excluding hydrogens is 431 g/mol. The molecule has 0 fully saturated rings. The number of carbonyl (C=O) groups is 1. The molecule has 0 spiro atoms. The standard InChI is InChI=1S/C21H24F3N3O3S/c1-5-26(20(2,3)4)19(28)14-12-17-18(25-13-14)30-11-10-27(17)31(29)16-8-6-15(7-9-16)21(22,23)24/h6-9,12-13H,5,10-11H2,1-4H3. The molecule has 0 saturated carbocycles. The number of rotatable bonds is 4. The third-order valence-corrected chi connectivity index (χ3v) is 6.29. The second-order valence-electron chi connectivity index (χ2n) is 7.99. The van der Waals surface area contributed by atoms with Crippen molar-refractivity contribution >= 4 is 22.6 Å². The molecule has 0 N–H and O–H groups in total. The van der Waals surface area contributed by atoms with E-state index in [-0.39, 0.29) is 29.8 Å². The fourth-order valence-electron chi connectivity index (χ4n) is 3.33. The summed E-state index contributed by atoms with van der Waals surface area (Å²) >= 11 is 0. The Kier molecular flexibility index (Phi) is 6.31. The first-order chi connectivity index (χ1) is 14.4. The molecule has 1 amide bonds. The largest absolute Gasteiger partial charge is 0.474 e. The molecule has 1 aliphatic rings. The Bertz CT molecular complexity index is 988. The van der Waals surface area contributed by atoms with E-state index < -0.39 is 28.3 Å². The quantitative estimate of drug-likeness (QED) is 0.690. The third kappa shape index (κ3) is 4.84. The number of halogens is 3. The van der Waals surface area contributed by atoms with Crippen molar-refractivity contribution in [3.8, 4) is 5.88 Å². The lowest BCUT2D eigenvalue weighted by molar-refractivity contribution is -0.137. The number of hydrogen-bond donors (Lipinski definition) is 0. The van der Waals surface area contributed by atoms with Crippen molar-refractivity contribution in [3.05, 3.63) is 47.7 Å². The number of pyridine rings is 1. The summed E-state index contributed by atoms with van der Waals surface area (Å²) in [6.45, 7) is 8.60. The molecule has 31 heavy (non-hydrogen) atoms. The molecule has 168 valence electrons. The van der Waals surface area contributed by atoms with Gasteiger partial charge in [0.05, 0.1) is 22.6 Å². The first kappa shape index (κ1) is 23.1. The monoisotopic (exact) mass is 455 g/mol.